The average molecular weight is 380 g/mol. The molecule has 2 rings (SSSR count). The van der Waals surface area contributed by atoms with Gasteiger partial charge in [-0.1, -0.05) is 0 Å². The molecule has 1 fully saturated rings. The van der Waals surface area contributed by atoms with Crippen LogP contribution < -0.4 is 16.1 Å². The third-order valence-electron chi connectivity index (χ3n) is 5.27. The molecule has 8 nitrogen and oxygen atoms in total. The molecule has 1 saturated carbocycles. The van der Waals surface area contributed by atoms with Gasteiger partial charge in [0.1, 0.15) is 11.7 Å². The Morgan fingerprint density at radius 2 is 2.04 bits per heavy atom. The first-order valence-electron chi connectivity index (χ1n) is 9.49. The van der Waals surface area contributed by atoms with Crippen LogP contribution in [-0.2, 0) is 14.3 Å². The summed E-state index contributed by atoms with van der Waals surface area (Å²) in [5.74, 6) is -0.342. The minimum Gasteiger partial charge on any atom is -0.461 e. The number of hydrogen-bond donors (Lipinski definition) is 3. The van der Waals surface area contributed by atoms with E-state index >= 15 is 0 Å². The van der Waals surface area contributed by atoms with Crippen molar-refractivity contribution in [3.05, 3.63) is 23.0 Å². The highest BCUT2D eigenvalue weighted by atomic mass is 16.5. The molecule has 0 bridgehead atoms. The summed E-state index contributed by atoms with van der Waals surface area (Å²) in [4.78, 5) is 27.4. The van der Waals surface area contributed by atoms with Gasteiger partial charge in [0, 0.05) is 32.4 Å². The normalized spacial score (nSPS) is 21.7. The van der Waals surface area contributed by atoms with Crippen LogP contribution >= 0.6 is 0 Å². The Labute approximate surface area is 161 Å². The average Bonchev–Trinajstić information content (AvgIpc) is 3.01. The number of ketones is 1. The summed E-state index contributed by atoms with van der Waals surface area (Å²) >= 11 is 0. The van der Waals surface area contributed by atoms with E-state index in [0.717, 1.165) is 17.6 Å². The van der Waals surface area contributed by atoms with Crippen molar-refractivity contribution in [2.24, 2.45) is 0 Å². The molecule has 3 N–H and O–H groups in total. The first kappa shape index (κ1) is 21.4. The molecular formula is C19H33N5O3. The lowest BCUT2D eigenvalue weighted by atomic mass is 9.85. The number of nitrogens with zero attached hydrogens (tertiary/aromatic N) is 2. The molecule has 27 heavy (non-hydrogen) atoms. The summed E-state index contributed by atoms with van der Waals surface area (Å²) in [6.07, 6.45) is 3.89. The topological polar surface area (TPSA) is 85.9 Å². The van der Waals surface area contributed by atoms with Gasteiger partial charge in [0.2, 0.25) is 0 Å². The number of esters is 1. The fourth-order valence-corrected chi connectivity index (χ4v) is 3.43. The van der Waals surface area contributed by atoms with Gasteiger partial charge >= 0.3 is 5.97 Å². The van der Waals surface area contributed by atoms with Gasteiger partial charge < -0.3 is 25.3 Å². The van der Waals surface area contributed by atoms with Crippen LogP contribution in [0.2, 0.25) is 0 Å². The third-order valence-corrected chi connectivity index (χ3v) is 5.27. The standard InChI is InChI=1S/C19H33N5O3/c1-7-27-18(26)16-14-9-8-13(12-23(5)6)17(25)15(14)22-24(16)11-10-19(2,20-3)21-4/h12,15,20-22H,7-11H2,1-6H3. The SMILES string of the molecule is CCOC(=O)C1=C2CCC(=CN(C)C)C(=O)C2NN1CCC(C)(NC)NC. The Bertz CT molecular complexity index is 637. The monoisotopic (exact) mass is 379 g/mol. The summed E-state index contributed by atoms with van der Waals surface area (Å²) in [7, 11) is 7.58. The molecule has 0 radical (unpaired) electrons. The number of rotatable bonds is 8. The number of nitrogens with one attached hydrogen (secondary N) is 3. The lowest BCUT2D eigenvalue weighted by molar-refractivity contribution is -0.140. The van der Waals surface area contributed by atoms with Crippen LogP contribution in [0.1, 0.15) is 33.1 Å². The predicted molar refractivity (Wildman–Crippen MR) is 104 cm³/mol. The van der Waals surface area contributed by atoms with E-state index in [-0.39, 0.29) is 17.4 Å². The summed E-state index contributed by atoms with van der Waals surface area (Å²) < 4.78 is 5.27. The quantitative estimate of drug-likeness (QED) is 0.316. The zero-order valence-electron chi connectivity index (χ0n) is 17.3. The zero-order valence-corrected chi connectivity index (χ0v) is 17.3. The van der Waals surface area contributed by atoms with Crippen LogP contribution in [0.15, 0.2) is 23.0 Å². The maximum Gasteiger partial charge on any atom is 0.356 e. The van der Waals surface area contributed by atoms with Gasteiger partial charge in [0.05, 0.1) is 12.3 Å². The van der Waals surface area contributed by atoms with Crippen molar-refractivity contribution < 1.29 is 14.3 Å². The van der Waals surface area contributed by atoms with Gasteiger partial charge in [-0.2, -0.15) is 0 Å². The van der Waals surface area contributed by atoms with E-state index in [9.17, 15) is 9.59 Å². The van der Waals surface area contributed by atoms with Crippen molar-refractivity contribution in [1.29, 1.82) is 0 Å². The molecule has 1 atom stereocenters. The predicted octanol–water partition coefficient (Wildman–Crippen LogP) is 0.346. The van der Waals surface area contributed by atoms with Crippen LogP contribution in [0.25, 0.3) is 0 Å². The number of carbonyl (C=O) groups is 2. The van der Waals surface area contributed by atoms with E-state index in [0.29, 0.717) is 31.7 Å². The summed E-state index contributed by atoms with van der Waals surface area (Å²) in [5.41, 5.74) is 5.08. The highest BCUT2D eigenvalue weighted by Gasteiger charge is 2.43. The lowest BCUT2D eigenvalue weighted by Crippen LogP contribution is -2.54. The molecule has 2 aliphatic rings. The molecule has 0 aromatic carbocycles. The minimum atomic E-state index is -0.486. The van der Waals surface area contributed by atoms with E-state index in [2.05, 4.69) is 23.0 Å². The fraction of sp³-hybridized carbons (Fsp3) is 0.684. The smallest absolute Gasteiger partial charge is 0.356 e. The maximum absolute atomic E-state index is 12.9. The number of Topliss-reactive ketones (excluding diaryl/α,β-unsaturated/α-hetero) is 1. The van der Waals surface area contributed by atoms with Crippen molar-refractivity contribution >= 4 is 11.8 Å². The molecule has 1 aliphatic heterocycles. The van der Waals surface area contributed by atoms with Gasteiger partial charge in [-0.3, -0.25) is 4.79 Å². The fourth-order valence-electron chi connectivity index (χ4n) is 3.43. The van der Waals surface area contributed by atoms with Gasteiger partial charge in [-0.25, -0.2) is 10.2 Å². The van der Waals surface area contributed by atoms with Crippen molar-refractivity contribution in [3.63, 3.8) is 0 Å². The molecule has 8 heteroatoms. The van der Waals surface area contributed by atoms with E-state index in [1.807, 2.05) is 39.3 Å². The highest BCUT2D eigenvalue weighted by molar-refractivity contribution is 6.05. The molecular weight excluding hydrogens is 346 g/mol. The molecule has 1 aliphatic carbocycles. The van der Waals surface area contributed by atoms with E-state index in [1.54, 1.807) is 11.9 Å². The van der Waals surface area contributed by atoms with Crippen LogP contribution in [-0.4, -0.2) is 74.7 Å². The van der Waals surface area contributed by atoms with Crippen LogP contribution in [0.4, 0.5) is 0 Å². The summed E-state index contributed by atoms with van der Waals surface area (Å²) in [6, 6.07) is -0.486. The molecule has 152 valence electrons. The van der Waals surface area contributed by atoms with E-state index in [1.165, 1.54) is 0 Å². The largest absolute Gasteiger partial charge is 0.461 e. The first-order valence-corrected chi connectivity index (χ1v) is 9.49. The second-order valence-electron chi connectivity index (χ2n) is 7.37. The molecule has 0 amide bonds. The second kappa shape index (κ2) is 8.86. The minimum absolute atomic E-state index is 0.0271. The Kier molecular flexibility index (Phi) is 7.02. The summed E-state index contributed by atoms with van der Waals surface area (Å²) in [5, 5.41) is 8.28. The number of fused-ring (bicyclic) bond motifs is 1. The third kappa shape index (κ3) is 4.69. The van der Waals surface area contributed by atoms with Crippen molar-refractivity contribution in [2.75, 3.05) is 41.3 Å². The molecule has 1 unspecified atom stereocenters. The van der Waals surface area contributed by atoms with E-state index in [4.69, 9.17) is 4.74 Å². The lowest BCUT2D eigenvalue weighted by Gasteiger charge is -2.32. The Balaban J connectivity index is 2.28. The Morgan fingerprint density at radius 3 is 2.59 bits per heavy atom. The van der Waals surface area contributed by atoms with Crippen LogP contribution in [0.5, 0.6) is 0 Å². The van der Waals surface area contributed by atoms with Gasteiger partial charge in [-0.05, 0) is 52.8 Å². The molecule has 0 spiro atoms. The molecule has 0 saturated heterocycles. The van der Waals surface area contributed by atoms with Crippen LogP contribution in [0, 0.1) is 0 Å². The second-order valence-corrected chi connectivity index (χ2v) is 7.37. The highest BCUT2D eigenvalue weighted by Crippen LogP contribution is 2.34. The number of ether oxygens (including phenoxy) is 1. The number of carbonyl (C=O) groups excluding carboxylic acids is 2. The zero-order chi connectivity index (χ0) is 20.2. The summed E-state index contributed by atoms with van der Waals surface area (Å²) in [6.45, 7) is 4.71. The van der Waals surface area contributed by atoms with Crippen LogP contribution in [0.3, 0.4) is 0 Å². The van der Waals surface area contributed by atoms with Crippen molar-refractivity contribution in [2.45, 2.75) is 44.8 Å². The van der Waals surface area contributed by atoms with Gasteiger partial charge in [0.15, 0.2) is 5.78 Å². The maximum atomic E-state index is 12.9. The molecule has 0 aromatic heterocycles. The number of hydrazine groups is 1. The van der Waals surface area contributed by atoms with E-state index < -0.39 is 6.04 Å². The number of hydrogen-bond acceptors (Lipinski definition) is 8. The molecule has 0 aromatic rings. The van der Waals surface area contributed by atoms with Crippen molar-refractivity contribution in [1.82, 2.24) is 26.0 Å². The Hall–Kier alpha value is -1.90. The van der Waals surface area contributed by atoms with Gasteiger partial charge in [-0.15, -0.1) is 0 Å². The molecule has 1 heterocycles. The first-order chi connectivity index (χ1) is 12.8. The van der Waals surface area contributed by atoms with Crippen molar-refractivity contribution in [3.8, 4) is 0 Å². The van der Waals surface area contributed by atoms with Gasteiger partial charge in [0.25, 0.3) is 0 Å². The Morgan fingerprint density at radius 1 is 1.37 bits per heavy atom.